The quantitative estimate of drug-likeness (QED) is 0.653. The molecule has 2 aromatic heterocycles. The molecule has 2 rings (SSSR count). The summed E-state index contributed by atoms with van der Waals surface area (Å²) in [6, 6.07) is 3.19. The van der Waals surface area contributed by atoms with E-state index < -0.39 is 11.5 Å². The molecule has 0 spiro atoms. The van der Waals surface area contributed by atoms with Crippen LogP contribution in [0, 0.1) is 13.8 Å². The number of carbonyl (C=O) groups excluding carboxylic acids is 3. The Morgan fingerprint density at radius 1 is 1.23 bits per heavy atom. The van der Waals surface area contributed by atoms with E-state index in [1.165, 1.54) is 18.3 Å². The summed E-state index contributed by atoms with van der Waals surface area (Å²) in [5, 5.41) is 0. The van der Waals surface area contributed by atoms with Crippen molar-refractivity contribution in [2.45, 2.75) is 40.2 Å². The van der Waals surface area contributed by atoms with Crippen LogP contribution in [0.2, 0.25) is 0 Å². The molecule has 0 unspecified atom stereocenters. The van der Waals surface area contributed by atoms with Gasteiger partial charge in [-0.3, -0.25) is 9.59 Å². The van der Waals surface area contributed by atoms with Crippen molar-refractivity contribution in [3.05, 3.63) is 46.7 Å². The summed E-state index contributed by atoms with van der Waals surface area (Å²) in [7, 11) is 1.28. The first-order valence-corrected chi connectivity index (χ1v) is 8.24. The van der Waals surface area contributed by atoms with Gasteiger partial charge >= 0.3 is 5.97 Å². The summed E-state index contributed by atoms with van der Waals surface area (Å²) in [6.07, 6.45) is 1.42. The lowest BCUT2D eigenvalue weighted by molar-refractivity contribution is 0.0519. The van der Waals surface area contributed by atoms with Crippen LogP contribution in [0.25, 0.3) is 0 Å². The number of Topliss-reactive ketones (excluding diaryl/α,β-unsaturated/α-hetero) is 1. The molecule has 0 aliphatic rings. The largest absolute Gasteiger partial charge is 0.464 e. The minimum atomic E-state index is -0.594. The summed E-state index contributed by atoms with van der Waals surface area (Å²) in [5.74, 6) is -0.995. The number of furan rings is 1. The number of hydrogen-bond donors (Lipinski definition) is 1. The maximum atomic E-state index is 12.9. The molecule has 7 nitrogen and oxygen atoms in total. The third kappa shape index (κ3) is 3.71. The van der Waals surface area contributed by atoms with Crippen LogP contribution in [-0.2, 0) is 4.74 Å². The molecule has 0 saturated carbocycles. The zero-order valence-corrected chi connectivity index (χ0v) is 15.9. The van der Waals surface area contributed by atoms with E-state index in [0.717, 1.165) is 0 Å². The minimum Gasteiger partial charge on any atom is -0.464 e. The van der Waals surface area contributed by atoms with Crippen molar-refractivity contribution >= 4 is 17.7 Å². The molecule has 0 radical (unpaired) electrons. The number of ketones is 1. The van der Waals surface area contributed by atoms with Gasteiger partial charge in [-0.15, -0.1) is 0 Å². The van der Waals surface area contributed by atoms with Crippen LogP contribution in [0.1, 0.15) is 63.4 Å². The summed E-state index contributed by atoms with van der Waals surface area (Å²) in [5.41, 5.74) is 1.12. The van der Waals surface area contributed by atoms with Gasteiger partial charge in [0.05, 0.1) is 19.9 Å². The number of amides is 1. The average molecular weight is 360 g/mol. The number of aryl methyl sites for hydroxylation is 1. The Balaban J connectivity index is 2.35. The lowest BCUT2D eigenvalue weighted by atomic mass is 10.0. The van der Waals surface area contributed by atoms with Crippen LogP contribution < -0.4 is 0 Å². The number of esters is 1. The number of carbonyl (C=O) groups is 3. The normalized spacial score (nSPS) is 11.3. The molecule has 0 aliphatic heterocycles. The first kappa shape index (κ1) is 19.5. The molecule has 0 aromatic carbocycles. The highest BCUT2D eigenvalue weighted by Gasteiger charge is 2.32. The second-order valence-corrected chi connectivity index (χ2v) is 7.08. The van der Waals surface area contributed by atoms with Gasteiger partial charge in [-0.25, -0.2) is 4.79 Å². The number of nitrogens with one attached hydrogen (secondary N) is 1. The van der Waals surface area contributed by atoms with E-state index in [1.807, 2.05) is 20.8 Å². The maximum absolute atomic E-state index is 12.9. The average Bonchev–Trinajstić information content (AvgIpc) is 3.18. The highest BCUT2D eigenvalue weighted by molar-refractivity contribution is 6.05. The molecule has 2 heterocycles. The van der Waals surface area contributed by atoms with Crippen LogP contribution >= 0.6 is 0 Å². The number of nitrogens with zero attached hydrogens (tertiary/aromatic N) is 1. The number of aromatic nitrogens is 1. The topological polar surface area (TPSA) is 92.6 Å². The van der Waals surface area contributed by atoms with Gasteiger partial charge in [0.1, 0.15) is 5.69 Å². The zero-order chi connectivity index (χ0) is 19.6. The standard InChI is InChI=1S/C19H24N2O5/c1-11-15(12(2)20-16(11)18(24)25-6)13(22)10-21(19(3,4)5)17(23)14-8-7-9-26-14/h7-9,20H,10H2,1-6H3. The van der Waals surface area contributed by atoms with Gasteiger partial charge in [0, 0.05) is 16.8 Å². The highest BCUT2D eigenvalue weighted by Crippen LogP contribution is 2.23. The predicted molar refractivity (Wildman–Crippen MR) is 95.4 cm³/mol. The number of methoxy groups -OCH3 is 1. The molecule has 26 heavy (non-hydrogen) atoms. The lowest BCUT2D eigenvalue weighted by Gasteiger charge is -2.34. The monoisotopic (exact) mass is 360 g/mol. The van der Waals surface area contributed by atoms with Crippen LogP contribution in [-0.4, -0.2) is 46.7 Å². The van der Waals surface area contributed by atoms with Crippen molar-refractivity contribution in [1.29, 1.82) is 0 Å². The lowest BCUT2D eigenvalue weighted by Crippen LogP contribution is -2.48. The number of ether oxygens (including phenoxy) is 1. The summed E-state index contributed by atoms with van der Waals surface area (Å²) < 4.78 is 9.92. The zero-order valence-electron chi connectivity index (χ0n) is 15.9. The van der Waals surface area contributed by atoms with Gasteiger partial charge in [0.25, 0.3) is 5.91 Å². The highest BCUT2D eigenvalue weighted by atomic mass is 16.5. The first-order chi connectivity index (χ1) is 12.1. The van der Waals surface area contributed by atoms with E-state index >= 15 is 0 Å². The van der Waals surface area contributed by atoms with Crippen molar-refractivity contribution < 1.29 is 23.5 Å². The van der Waals surface area contributed by atoms with Gasteiger partial charge in [0.15, 0.2) is 11.5 Å². The molecule has 0 saturated heterocycles. The van der Waals surface area contributed by atoms with Gasteiger partial charge < -0.3 is 19.0 Å². The van der Waals surface area contributed by atoms with Crippen LogP contribution in [0.5, 0.6) is 0 Å². The Bertz CT molecular complexity index is 825. The van der Waals surface area contributed by atoms with E-state index in [4.69, 9.17) is 9.15 Å². The summed E-state index contributed by atoms with van der Waals surface area (Å²) >= 11 is 0. The first-order valence-electron chi connectivity index (χ1n) is 8.24. The van der Waals surface area contributed by atoms with Crippen molar-refractivity contribution in [3.8, 4) is 0 Å². The third-order valence-corrected chi connectivity index (χ3v) is 4.19. The van der Waals surface area contributed by atoms with Gasteiger partial charge in [0.2, 0.25) is 0 Å². The SMILES string of the molecule is COC(=O)c1[nH]c(C)c(C(=O)CN(C(=O)c2ccco2)C(C)(C)C)c1C. The van der Waals surface area contributed by atoms with E-state index in [1.54, 1.807) is 26.0 Å². The maximum Gasteiger partial charge on any atom is 0.354 e. The van der Waals surface area contributed by atoms with Gasteiger partial charge in [-0.1, -0.05) is 0 Å². The molecule has 0 bridgehead atoms. The van der Waals surface area contributed by atoms with Crippen molar-refractivity contribution in [2.75, 3.05) is 13.7 Å². The van der Waals surface area contributed by atoms with Crippen LogP contribution in [0.15, 0.2) is 22.8 Å². The number of rotatable bonds is 5. The molecule has 140 valence electrons. The molecular weight excluding hydrogens is 336 g/mol. The fraction of sp³-hybridized carbons (Fsp3) is 0.421. The van der Waals surface area contributed by atoms with E-state index in [2.05, 4.69) is 4.98 Å². The number of hydrogen-bond acceptors (Lipinski definition) is 5. The van der Waals surface area contributed by atoms with Crippen molar-refractivity contribution in [2.24, 2.45) is 0 Å². The minimum absolute atomic E-state index is 0.136. The molecule has 7 heteroatoms. The van der Waals surface area contributed by atoms with Crippen LogP contribution in [0.4, 0.5) is 0 Å². The predicted octanol–water partition coefficient (Wildman–Crippen LogP) is 3.13. The third-order valence-electron chi connectivity index (χ3n) is 4.19. The fourth-order valence-corrected chi connectivity index (χ4v) is 2.84. The Morgan fingerprint density at radius 3 is 2.38 bits per heavy atom. The van der Waals surface area contributed by atoms with E-state index in [0.29, 0.717) is 16.8 Å². The fourth-order valence-electron chi connectivity index (χ4n) is 2.84. The van der Waals surface area contributed by atoms with Crippen molar-refractivity contribution in [3.63, 3.8) is 0 Å². The van der Waals surface area contributed by atoms with E-state index in [9.17, 15) is 14.4 Å². The number of aromatic amines is 1. The van der Waals surface area contributed by atoms with Crippen molar-refractivity contribution in [1.82, 2.24) is 9.88 Å². The Hall–Kier alpha value is -2.83. The molecule has 0 aliphatic carbocycles. The summed E-state index contributed by atoms with van der Waals surface area (Å²) in [6.45, 7) is 8.79. The van der Waals surface area contributed by atoms with Crippen LogP contribution in [0.3, 0.4) is 0 Å². The van der Waals surface area contributed by atoms with E-state index in [-0.39, 0.29) is 29.7 Å². The molecule has 1 amide bonds. The Labute approximate surface area is 152 Å². The van der Waals surface area contributed by atoms with Gasteiger partial charge in [-0.2, -0.15) is 0 Å². The smallest absolute Gasteiger partial charge is 0.354 e. The van der Waals surface area contributed by atoms with Gasteiger partial charge in [-0.05, 0) is 52.3 Å². The molecule has 2 aromatic rings. The summed E-state index contributed by atoms with van der Waals surface area (Å²) in [4.78, 5) is 41.9. The molecule has 0 atom stereocenters. The molecule has 1 N–H and O–H groups in total. The molecular formula is C19H24N2O5. The second kappa shape index (κ2) is 7.19. The Kier molecular flexibility index (Phi) is 5.39. The Morgan fingerprint density at radius 2 is 1.88 bits per heavy atom. The number of H-pyrrole nitrogens is 1. The second-order valence-electron chi connectivity index (χ2n) is 7.08. The molecule has 0 fully saturated rings.